The molecular formula is C11H17BrNO6P. The van der Waals surface area contributed by atoms with Crippen molar-refractivity contribution in [1.29, 1.82) is 5.26 Å². The molecule has 0 spiro atoms. The Bertz CT molecular complexity index is 408. The predicted octanol–water partition coefficient (Wildman–Crippen LogP) is 2.57. The highest BCUT2D eigenvalue weighted by molar-refractivity contribution is 9.09. The third-order valence-electron chi connectivity index (χ3n) is 1.70. The lowest BCUT2D eigenvalue weighted by molar-refractivity contribution is -0.139. The molecule has 20 heavy (non-hydrogen) atoms. The van der Waals surface area contributed by atoms with Gasteiger partial charge in [0.05, 0.1) is 32.3 Å². The summed E-state index contributed by atoms with van der Waals surface area (Å²) in [7, 11) is -3.74. The largest absolute Gasteiger partial charge is 0.474 e. The van der Waals surface area contributed by atoms with Crippen molar-refractivity contribution in [1.82, 2.24) is 0 Å². The van der Waals surface area contributed by atoms with Gasteiger partial charge in [-0.3, -0.25) is 13.6 Å². The number of nitrogens with zero attached hydrogens (tertiary/aromatic N) is 1. The summed E-state index contributed by atoms with van der Waals surface area (Å²) in [4.78, 5) is 11.1. The fraction of sp³-hybridized carbons (Fsp3) is 0.636. The molecule has 0 rings (SSSR count). The van der Waals surface area contributed by atoms with E-state index >= 15 is 0 Å². The van der Waals surface area contributed by atoms with Crippen LogP contribution in [0.25, 0.3) is 0 Å². The Labute approximate surface area is 126 Å². The summed E-state index contributed by atoms with van der Waals surface area (Å²) in [5, 5.41) is 8.84. The molecule has 0 saturated heterocycles. The van der Waals surface area contributed by atoms with E-state index < -0.39 is 13.8 Å². The molecule has 7 nitrogen and oxygen atoms in total. The molecule has 1 atom stereocenters. The second-order valence-corrected chi connectivity index (χ2v) is 5.92. The molecule has 0 radical (unpaired) electrons. The zero-order valence-corrected chi connectivity index (χ0v) is 13.7. The zero-order chi connectivity index (χ0) is 15.4. The van der Waals surface area contributed by atoms with Gasteiger partial charge in [-0.25, -0.2) is 9.36 Å². The second kappa shape index (κ2) is 11.0. The van der Waals surface area contributed by atoms with Crippen LogP contribution in [0.5, 0.6) is 0 Å². The number of nitriles is 1. The number of hydrogen-bond acceptors (Lipinski definition) is 7. The minimum absolute atomic E-state index is 0.0651. The maximum atomic E-state index is 12.1. The fourth-order valence-electron chi connectivity index (χ4n) is 0.868. The van der Waals surface area contributed by atoms with E-state index in [4.69, 9.17) is 23.6 Å². The normalized spacial score (nSPS) is 13.2. The van der Waals surface area contributed by atoms with Gasteiger partial charge in [-0.1, -0.05) is 22.5 Å². The van der Waals surface area contributed by atoms with Gasteiger partial charge in [-0.05, 0) is 6.92 Å². The van der Waals surface area contributed by atoms with Crippen molar-refractivity contribution in [3.8, 4) is 6.07 Å². The third kappa shape index (κ3) is 9.23. The van der Waals surface area contributed by atoms with Crippen LogP contribution in [0.3, 0.4) is 0 Å². The number of phosphoric ester groups is 1. The number of hydrogen-bond donors (Lipinski definition) is 0. The average molecular weight is 370 g/mol. The highest BCUT2D eigenvalue weighted by Crippen LogP contribution is 2.49. The first-order chi connectivity index (χ1) is 9.45. The van der Waals surface area contributed by atoms with E-state index in [0.29, 0.717) is 5.33 Å². The van der Waals surface area contributed by atoms with E-state index in [1.54, 1.807) is 0 Å². The van der Waals surface area contributed by atoms with Gasteiger partial charge in [-0.15, -0.1) is 0 Å². The van der Waals surface area contributed by atoms with Gasteiger partial charge in [-0.2, -0.15) is 5.26 Å². The Morgan fingerprint density at radius 1 is 1.25 bits per heavy atom. The molecule has 1 unspecified atom stereocenters. The first kappa shape index (κ1) is 19.3. The monoisotopic (exact) mass is 369 g/mol. The standard InChI is InChI=1S/C11H17BrNO6P/c1-10(2)11(14)16-8-9-19-20(15,18-7-4-12)17-6-3-5-13/h1,3-4,6-9H2,2H3. The van der Waals surface area contributed by atoms with E-state index in [0.717, 1.165) is 0 Å². The van der Waals surface area contributed by atoms with Crippen molar-refractivity contribution < 1.29 is 27.7 Å². The van der Waals surface area contributed by atoms with Crippen LogP contribution in [0, 0.1) is 11.3 Å². The maximum absolute atomic E-state index is 12.1. The van der Waals surface area contributed by atoms with Gasteiger partial charge in [0, 0.05) is 10.9 Å². The molecule has 0 N–H and O–H groups in total. The Morgan fingerprint density at radius 2 is 1.85 bits per heavy atom. The molecule has 0 aromatic rings. The number of phosphoric acid groups is 1. The number of carbonyl (C=O) groups excluding carboxylic acids is 1. The number of rotatable bonds is 11. The lowest BCUT2D eigenvalue weighted by atomic mass is 10.4. The summed E-state index contributed by atoms with van der Waals surface area (Å²) in [6.07, 6.45) is 0.0651. The molecule has 0 aliphatic carbocycles. The van der Waals surface area contributed by atoms with Crippen LogP contribution < -0.4 is 0 Å². The number of esters is 1. The van der Waals surface area contributed by atoms with Crippen LogP contribution in [-0.2, 0) is 27.7 Å². The van der Waals surface area contributed by atoms with Crippen molar-refractivity contribution in [3.05, 3.63) is 12.2 Å². The van der Waals surface area contributed by atoms with Gasteiger partial charge in [0.15, 0.2) is 0 Å². The molecule has 0 fully saturated rings. The minimum atomic E-state index is -3.74. The number of ether oxygens (including phenoxy) is 1. The van der Waals surface area contributed by atoms with Crippen LogP contribution in [0.4, 0.5) is 0 Å². The van der Waals surface area contributed by atoms with Gasteiger partial charge in [0.2, 0.25) is 0 Å². The number of carbonyl (C=O) groups is 1. The van der Waals surface area contributed by atoms with E-state index in [9.17, 15) is 9.36 Å². The third-order valence-corrected chi connectivity index (χ3v) is 3.52. The van der Waals surface area contributed by atoms with Crippen molar-refractivity contribution >= 4 is 29.7 Å². The molecule has 0 heterocycles. The molecule has 0 aliphatic rings. The molecular weight excluding hydrogens is 353 g/mol. The van der Waals surface area contributed by atoms with Gasteiger partial charge in [0.25, 0.3) is 0 Å². The molecule has 0 aromatic carbocycles. The van der Waals surface area contributed by atoms with Crippen LogP contribution >= 0.6 is 23.8 Å². The molecule has 0 aliphatic heterocycles. The summed E-state index contributed by atoms with van der Waals surface area (Å²) >= 11 is 3.11. The average Bonchev–Trinajstić information content (AvgIpc) is 2.41. The molecule has 0 amide bonds. The number of halogens is 1. The van der Waals surface area contributed by atoms with E-state index in [1.807, 2.05) is 6.07 Å². The van der Waals surface area contributed by atoms with Crippen molar-refractivity contribution in [2.75, 3.05) is 31.8 Å². The van der Waals surface area contributed by atoms with Crippen molar-refractivity contribution in [2.45, 2.75) is 13.3 Å². The lowest BCUT2D eigenvalue weighted by Crippen LogP contribution is -2.12. The van der Waals surface area contributed by atoms with E-state index in [-0.39, 0.29) is 38.4 Å². The highest BCUT2D eigenvalue weighted by Gasteiger charge is 2.26. The molecule has 0 aromatic heterocycles. The van der Waals surface area contributed by atoms with Gasteiger partial charge in [0.1, 0.15) is 6.61 Å². The zero-order valence-electron chi connectivity index (χ0n) is 11.2. The van der Waals surface area contributed by atoms with Crippen LogP contribution in [0.15, 0.2) is 12.2 Å². The van der Waals surface area contributed by atoms with Crippen LogP contribution in [0.2, 0.25) is 0 Å². The number of alkyl halides is 1. The summed E-state index contributed by atoms with van der Waals surface area (Å²) in [6.45, 7) is 4.73. The topological polar surface area (TPSA) is 94.8 Å². The van der Waals surface area contributed by atoms with Gasteiger partial charge >= 0.3 is 13.8 Å². The summed E-state index contributed by atoms with van der Waals surface area (Å²) < 4.78 is 31.7. The summed E-state index contributed by atoms with van der Waals surface area (Å²) in [5.41, 5.74) is 0.258. The summed E-state index contributed by atoms with van der Waals surface area (Å²) in [6, 6.07) is 1.85. The van der Waals surface area contributed by atoms with Crippen molar-refractivity contribution in [3.63, 3.8) is 0 Å². The van der Waals surface area contributed by atoms with Crippen molar-refractivity contribution in [2.24, 2.45) is 0 Å². The molecule has 0 saturated carbocycles. The molecule has 0 bridgehead atoms. The first-order valence-corrected chi connectivity index (χ1v) is 8.32. The van der Waals surface area contributed by atoms with Crippen LogP contribution in [-0.4, -0.2) is 37.7 Å². The smallest absolute Gasteiger partial charge is 0.460 e. The van der Waals surface area contributed by atoms with E-state index in [1.165, 1.54) is 6.92 Å². The fourth-order valence-corrected chi connectivity index (χ4v) is 2.43. The van der Waals surface area contributed by atoms with E-state index in [2.05, 4.69) is 22.5 Å². The Balaban J connectivity index is 4.15. The van der Waals surface area contributed by atoms with Crippen LogP contribution in [0.1, 0.15) is 13.3 Å². The quantitative estimate of drug-likeness (QED) is 0.181. The Kier molecular flexibility index (Phi) is 10.6. The SMILES string of the molecule is C=C(C)C(=O)OCCOP(=O)(OCCBr)OCCC#N. The summed E-state index contributed by atoms with van der Waals surface area (Å²) in [5.74, 6) is -0.560. The Hall–Kier alpha value is -0.710. The lowest BCUT2D eigenvalue weighted by Gasteiger charge is -2.17. The molecule has 9 heteroatoms. The predicted molar refractivity (Wildman–Crippen MR) is 75.3 cm³/mol. The Morgan fingerprint density at radius 3 is 2.40 bits per heavy atom. The second-order valence-electron chi connectivity index (χ2n) is 3.46. The molecule has 114 valence electrons. The maximum Gasteiger partial charge on any atom is 0.474 e. The first-order valence-electron chi connectivity index (χ1n) is 5.74. The highest BCUT2D eigenvalue weighted by atomic mass is 79.9. The minimum Gasteiger partial charge on any atom is -0.460 e. The van der Waals surface area contributed by atoms with Gasteiger partial charge < -0.3 is 4.74 Å².